The second-order valence-corrected chi connectivity index (χ2v) is 2.25. The predicted molar refractivity (Wildman–Crippen MR) is 41.3 cm³/mol. The zero-order valence-electron chi connectivity index (χ0n) is 6.73. The monoisotopic (exact) mass is 172 g/mol. The summed E-state index contributed by atoms with van der Waals surface area (Å²) in [5, 5.41) is 22.1. The van der Waals surface area contributed by atoms with Gasteiger partial charge >= 0.3 is 0 Å². The van der Waals surface area contributed by atoms with E-state index in [0.29, 0.717) is 22.7 Å². The van der Waals surface area contributed by atoms with Crippen LogP contribution in [0.2, 0.25) is 0 Å². The van der Waals surface area contributed by atoms with Gasteiger partial charge < -0.3 is 11.1 Å². The molecule has 0 atom stereocenters. The first-order valence-corrected chi connectivity index (χ1v) is 3.56. The van der Waals surface area contributed by atoms with Crippen molar-refractivity contribution in [2.24, 2.45) is 5.73 Å². The molecule has 6 heteroatoms. The quantitative estimate of drug-likeness (QED) is 0.451. The van der Waals surface area contributed by atoms with Crippen molar-refractivity contribution >= 4 is 0 Å². The third-order valence-electron chi connectivity index (χ3n) is 1.40. The van der Waals surface area contributed by atoms with E-state index in [1.165, 1.54) is 6.08 Å². The molecular formula is C6H12N4O2. The molecule has 5 N–H and O–H groups in total. The van der Waals surface area contributed by atoms with Crippen LogP contribution in [0.4, 0.5) is 0 Å². The number of hydroxylamine groups is 2. The summed E-state index contributed by atoms with van der Waals surface area (Å²) < 4.78 is 0. The smallest absolute Gasteiger partial charge is 0.153 e. The number of hydrogen-bond donors (Lipinski definition) is 4. The van der Waals surface area contributed by atoms with Crippen molar-refractivity contribution in [1.82, 2.24) is 15.7 Å². The molecule has 0 saturated heterocycles. The normalized spacial score (nSPS) is 17.2. The van der Waals surface area contributed by atoms with Crippen LogP contribution >= 0.6 is 0 Å². The third kappa shape index (κ3) is 1.44. The maximum atomic E-state index is 9.20. The van der Waals surface area contributed by atoms with E-state index < -0.39 is 0 Å². The van der Waals surface area contributed by atoms with Crippen molar-refractivity contribution in [3.05, 3.63) is 23.8 Å². The minimum Gasteiger partial charge on any atom is -0.382 e. The van der Waals surface area contributed by atoms with E-state index in [1.807, 2.05) is 6.92 Å². The minimum atomic E-state index is 0.0548. The molecule has 1 aliphatic rings. The van der Waals surface area contributed by atoms with E-state index in [4.69, 9.17) is 10.9 Å². The van der Waals surface area contributed by atoms with Crippen LogP contribution in [0.3, 0.4) is 0 Å². The summed E-state index contributed by atoms with van der Waals surface area (Å²) in [5.41, 5.74) is 5.29. The van der Waals surface area contributed by atoms with Crippen LogP contribution in [-0.4, -0.2) is 27.3 Å². The molecule has 1 rings (SSSR count). The van der Waals surface area contributed by atoms with Gasteiger partial charge in [0.15, 0.2) is 11.6 Å². The molecule has 1 aliphatic heterocycles. The van der Waals surface area contributed by atoms with Crippen LogP contribution in [0.5, 0.6) is 0 Å². The van der Waals surface area contributed by atoms with Gasteiger partial charge in [0.1, 0.15) is 0 Å². The fraction of sp³-hybridized carbons (Fsp3) is 0.333. The SMILES string of the molecule is CCNC1=CC=C(N)N(O)N1O. The van der Waals surface area contributed by atoms with Gasteiger partial charge in [0.25, 0.3) is 0 Å². The molecule has 0 aromatic carbocycles. The van der Waals surface area contributed by atoms with E-state index in [1.54, 1.807) is 6.08 Å². The molecule has 0 aromatic rings. The van der Waals surface area contributed by atoms with Crippen molar-refractivity contribution in [3.63, 3.8) is 0 Å². The summed E-state index contributed by atoms with van der Waals surface area (Å²) in [7, 11) is 0. The van der Waals surface area contributed by atoms with Gasteiger partial charge in [-0.15, -0.1) is 10.3 Å². The molecule has 0 aromatic heterocycles. The standard InChI is InChI=1S/C6H12N4O2/c1-2-8-6-4-3-5(7)9(11)10(6)12/h3-4,8,11-12H,2,7H2,1H3. The second kappa shape index (κ2) is 3.33. The number of hydrogen-bond acceptors (Lipinski definition) is 6. The van der Waals surface area contributed by atoms with Gasteiger partial charge in [-0.25, -0.2) is 0 Å². The van der Waals surface area contributed by atoms with Gasteiger partial charge in [-0.1, -0.05) is 0 Å². The van der Waals surface area contributed by atoms with Crippen LogP contribution in [-0.2, 0) is 0 Å². The lowest BCUT2D eigenvalue weighted by Crippen LogP contribution is -2.44. The van der Waals surface area contributed by atoms with Crippen LogP contribution in [0.15, 0.2) is 23.8 Å². The van der Waals surface area contributed by atoms with Crippen LogP contribution in [0.1, 0.15) is 6.92 Å². The van der Waals surface area contributed by atoms with E-state index in [2.05, 4.69) is 5.32 Å². The summed E-state index contributed by atoms with van der Waals surface area (Å²) in [6.45, 7) is 2.52. The highest BCUT2D eigenvalue weighted by molar-refractivity contribution is 5.16. The van der Waals surface area contributed by atoms with Crippen molar-refractivity contribution in [1.29, 1.82) is 0 Å². The number of allylic oxidation sites excluding steroid dienone is 2. The first-order valence-electron chi connectivity index (χ1n) is 3.56. The molecular weight excluding hydrogens is 160 g/mol. The summed E-state index contributed by atoms with van der Waals surface area (Å²) in [4.78, 5) is 0. The molecule has 0 saturated carbocycles. The Kier molecular flexibility index (Phi) is 2.41. The average Bonchev–Trinajstić information content (AvgIpc) is 2.07. The third-order valence-corrected chi connectivity index (χ3v) is 1.40. The van der Waals surface area contributed by atoms with Gasteiger partial charge in [-0.2, -0.15) is 0 Å². The lowest BCUT2D eigenvalue weighted by Gasteiger charge is -2.30. The topological polar surface area (TPSA) is 85.0 Å². The highest BCUT2D eigenvalue weighted by Gasteiger charge is 2.18. The molecule has 68 valence electrons. The Bertz CT molecular complexity index is 226. The van der Waals surface area contributed by atoms with Gasteiger partial charge in [0.05, 0.1) is 0 Å². The number of nitrogens with two attached hydrogens (primary N) is 1. The minimum absolute atomic E-state index is 0.0548. The van der Waals surface area contributed by atoms with Crippen LogP contribution < -0.4 is 11.1 Å². The Morgan fingerprint density at radius 2 is 2.08 bits per heavy atom. The Morgan fingerprint density at radius 1 is 1.42 bits per heavy atom. The number of rotatable bonds is 2. The maximum absolute atomic E-state index is 9.20. The zero-order chi connectivity index (χ0) is 9.14. The molecule has 0 radical (unpaired) electrons. The highest BCUT2D eigenvalue weighted by atomic mass is 16.7. The van der Waals surface area contributed by atoms with Crippen molar-refractivity contribution in [2.45, 2.75) is 6.92 Å². The van der Waals surface area contributed by atoms with Gasteiger partial charge in [0, 0.05) is 6.54 Å². The molecule has 12 heavy (non-hydrogen) atoms. The molecule has 0 amide bonds. The molecule has 0 bridgehead atoms. The van der Waals surface area contributed by atoms with E-state index in [9.17, 15) is 5.21 Å². The van der Waals surface area contributed by atoms with Gasteiger partial charge in [0.2, 0.25) is 0 Å². The average molecular weight is 172 g/mol. The summed E-state index contributed by atoms with van der Waals surface area (Å²) in [5.74, 6) is 0.424. The Labute approximate surface area is 70.1 Å². The fourth-order valence-electron chi connectivity index (χ4n) is 0.820. The molecule has 0 spiro atoms. The summed E-state index contributed by atoms with van der Waals surface area (Å²) in [6.07, 6.45) is 3.04. The lowest BCUT2D eigenvalue weighted by atomic mass is 10.4. The zero-order valence-corrected chi connectivity index (χ0v) is 6.73. The van der Waals surface area contributed by atoms with E-state index in [-0.39, 0.29) is 5.82 Å². The Morgan fingerprint density at radius 3 is 2.67 bits per heavy atom. The molecule has 0 unspecified atom stereocenters. The Hall–Kier alpha value is -1.40. The lowest BCUT2D eigenvalue weighted by molar-refractivity contribution is -0.333. The maximum Gasteiger partial charge on any atom is 0.153 e. The van der Waals surface area contributed by atoms with Crippen LogP contribution in [0, 0.1) is 0 Å². The predicted octanol–water partition coefficient (Wildman–Crippen LogP) is -0.452. The first kappa shape index (κ1) is 8.69. The molecule has 1 heterocycles. The van der Waals surface area contributed by atoms with Gasteiger partial charge in [-0.05, 0) is 19.1 Å². The Balaban J connectivity index is 2.75. The largest absolute Gasteiger partial charge is 0.382 e. The van der Waals surface area contributed by atoms with Crippen LogP contribution in [0.25, 0.3) is 0 Å². The molecule has 0 fully saturated rings. The summed E-state index contributed by atoms with van der Waals surface area (Å²) >= 11 is 0. The number of hydrazine groups is 1. The highest BCUT2D eigenvalue weighted by Crippen LogP contribution is 2.10. The number of nitrogens with zero attached hydrogens (tertiary/aromatic N) is 2. The molecule has 0 aliphatic carbocycles. The van der Waals surface area contributed by atoms with Gasteiger partial charge in [-0.3, -0.25) is 10.4 Å². The second-order valence-electron chi connectivity index (χ2n) is 2.25. The first-order chi connectivity index (χ1) is 5.66. The van der Waals surface area contributed by atoms with Crippen molar-refractivity contribution < 1.29 is 10.4 Å². The number of nitrogens with one attached hydrogen (secondary N) is 1. The fourth-order valence-corrected chi connectivity index (χ4v) is 0.820. The van der Waals surface area contributed by atoms with E-state index in [0.717, 1.165) is 0 Å². The van der Waals surface area contributed by atoms with Crippen molar-refractivity contribution in [2.75, 3.05) is 6.54 Å². The summed E-state index contributed by atoms with van der Waals surface area (Å²) in [6, 6.07) is 0. The van der Waals surface area contributed by atoms with Crippen molar-refractivity contribution in [3.8, 4) is 0 Å². The molecule has 6 nitrogen and oxygen atoms in total. The van der Waals surface area contributed by atoms with E-state index >= 15 is 0 Å².